The van der Waals surface area contributed by atoms with Crippen molar-refractivity contribution in [2.24, 2.45) is 0 Å². The fourth-order valence-corrected chi connectivity index (χ4v) is 4.59. The summed E-state index contributed by atoms with van der Waals surface area (Å²) in [6, 6.07) is 12.2. The first kappa shape index (κ1) is 23.9. The van der Waals surface area contributed by atoms with Gasteiger partial charge < -0.3 is 10.1 Å². The van der Waals surface area contributed by atoms with Crippen molar-refractivity contribution in [1.82, 2.24) is 10.2 Å². The number of anilines is 1. The van der Waals surface area contributed by atoms with Gasteiger partial charge in [0, 0.05) is 30.4 Å². The number of hydrogen-bond acceptors (Lipinski definition) is 5. The summed E-state index contributed by atoms with van der Waals surface area (Å²) in [5, 5.41) is 2.90. The van der Waals surface area contributed by atoms with E-state index in [1.807, 2.05) is 6.92 Å². The second-order valence-electron chi connectivity index (χ2n) is 7.53. The van der Waals surface area contributed by atoms with E-state index < -0.39 is 16.4 Å². The zero-order valence-electron chi connectivity index (χ0n) is 17.8. The Morgan fingerprint density at radius 3 is 2.47 bits per heavy atom. The Morgan fingerprint density at radius 2 is 1.84 bits per heavy atom. The Kier molecular flexibility index (Phi) is 8.03. The monoisotopic (exact) mass is 467 g/mol. The van der Waals surface area contributed by atoms with Gasteiger partial charge in [-0.15, -0.1) is 0 Å². The number of benzene rings is 2. The summed E-state index contributed by atoms with van der Waals surface area (Å²) < 4.78 is 58.1. The molecule has 0 spiro atoms. The summed E-state index contributed by atoms with van der Waals surface area (Å²) in [6.07, 6.45) is -1.19. The van der Waals surface area contributed by atoms with E-state index >= 15 is 0 Å². The van der Waals surface area contributed by atoms with Gasteiger partial charge in [0.2, 0.25) is 0 Å². The topological polar surface area (TPSA) is 87.7 Å². The molecule has 1 aliphatic rings. The van der Waals surface area contributed by atoms with Crippen molar-refractivity contribution < 1.29 is 26.7 Å². The van der Waals surface area contributed by atoms with Gasteiger partial charge in [-0.1, -0.05) is 6.07 Å². The molecule has 0 aromatic heterocycles. The highest BCUT2D eigenvalue weighted by atomic mass is 32.2. The number of nitrogens with zero attached hydrogens (tertiary/aromatic N) is 1. The van der Waals surface area contributed by atoms with Crippen molar-refractivity contribution in [3.05, 3.63) is 54.1 Å². The van der Waals surface area contributed by atoms with Crippen LogP contribution in [-0.2, 0) is 10.0 Å². The Morgan fingerprint density at radius 1 is 1.16 bits per heavy atom. The number of piperidine rings is 1. The molecule has 0 unspecified atom stereocenters. The van der Waals surface area contributed by atoms with Crippen LogP contribution in [0.3, 0.4) is 0 Å². The highest BCUT2D eigenvalue weighted by molar-refractivity contribution is 7.92. The number of hydrogen-bond donors (Lipinski definition) is 2. The lowest BCUT2D eigenvalue weighted by atomic mass is 10.0. The van der Waals surface area contributed by atoms with E-state index in [0.29, 0.717) is 43.9 Å². The summed E-state index contributed by atoms with van der Waals surface area (Å²) in [5.41, 5.74) is 0.574. The number of carbonyl (C=O) groups excluding carboxylic acids is 1. The van der Waals surface area contributed by atoms with Crippen molar-refractivity contribution in [3.8, 4) is 5.75 Å². The van der Waals surface area contributed by atoms with Gasteiger partial charge in [0.05, 0.1) is 18.0 Å². The largest absolute Gasteiger partial charge is 0.494 e. The molecular weight excluding hydrogens is 440 g/mol. The number of nitrogens with one attached hydrogen (secondary N) is 2. The minimum Gasteiger partial charge on any atom is -0.494 e. The van der Waals surface area contributed by atoms with Crippen LogP contribution in [0.5, 0.6) is 5.75 Å². The van der Waals surface area contributed by atoms with Crippen LogP contribution < -0.4 is 14.8 Å². The predicted octanol–water partition coefficient (Wildman–Crippen LogP) is 3.35. The third kappa shape index (κ3) is 6.64. The van der Waals surface area contributed by atoms with Crippen LogP contribution in [-0.4, -0.2) is 57.9 Å². The standard InChI is InChI=1S/C22H27F2N3O4S/c1-2-31-19-6-8-20(9-7-19)32(29,30)26-18-5-3-4-16(14-18)22(28)25-17-10-12-27(13-11-17)15-21(23)24/h3-9,14,17,21,26H,2,10-13,15H2,1H3,(H,25,28). The minimum absolute atomic E-state index is 0.0753. The van der Waals surface area contributed by atoms with Crippen LogP contribution in [0.25, 0.3) is 0 Å². The van der Waals surface area contributed by atoms with Crippen molar-refractivity contribution >= 4 is 21.6 Å². The van der Waals surface area contributed by atoms with Crippen LogP contribution in [0.2, 0.25) is 0 Å². The summed E-state index contributed by atoms with van der Waals surface area (Å²) in [7, 11) is -3.83. The molecule has 0 atom stereocenters. The first-order chi connectivity index (χ1) is 15.3. The third-order valence-electron chi connectivity index (χ3n) is 5.14. The molecule has 0 radical (unpaired) electrons. The lowest BCUT2D eigenvalue weighted by Gasteiger charge is -2.32. The molecule has 1 amide bonds. The summed E-state index contributed by atoms with van der Waals surface area (Å²) >= 11 is 0. The number of ether oxygens (including phenoxy) is 1. The van der Waals surface area contributed by atoms with Gasteiger partial charge in [0.15, 0.2) is 0 Å². The molecule has 0 aliphatic carbocycles. The average molecular weight is 468 g/mol. The summed E-state index contributed by atoms with van der Waals surface area (Å²) in [4.78, 5) is 14.4. The lowest BCUT2D eigenvalue weighted by molar-refractivity contribution is 0.0696. The van der Waals surface area contributed by atoms with E-state index in [-0.39, 0.29) is 29.1 Å². The van der Waals surface area contributed by atoms with Crippen molar-refractivity contribution in [2.45, 2.75) is 37.1 Å². The maximum Gasteiger partial charge on any atom is 0.261 e. The number of halogens is 2. The van der Waals surface area contributed by atoms with E-state index in [9.17, 15) is 22.0 Å². The molecule has 10 heteroatoms. The van der Waals surface area contributed by atoms with Crippen LogP contribution in [0, 0.1) is 0 Å². The van der Waals surface area contributed by atoms with Crippen LogP contribution in [0.15, 0.2) is 53.4 Å². The number of likely N-dealkylation sites (tertiary alicyclic amines) is 1. The van der Waals surface area contributed by atoms with Crippen molar-refractivity contribution in [1.29, 1.82) is 0 Å². The van der Waals surface area contributed by atoms with E-state index in [2.05, 4.69) is 10.0 Å². The van der Waals surface area contributed by atoms with Crippen molar-refractivity contribution in [2.75, 3.05) is 31.0 Å². The average Bonchev–Trinajstić information content (AvgIpc) is 2.75. The molecule has 1 aliphatic heterocycles. The molecule has 1 saturated heterocycles. The van der Waals surface area contributed by atoms with E-state index in [1.54, 1.807) is 35.2 Å². The number of amides is 1. The summed E-state index contributed by atoms with van der Waals surface area (Å²) in [5.74, 6) is 0.240. The quantitative estimate of drug-likeness (QED) is 0.591. The molecular formula is C22H27F2N3O4S. The van der Waals surface area contributed by atoms with Gasteiger partial charge in [0.1, 0.15) is 5.75 Å². The molecule has 2 aromatic carbocycles. The van der Waals surface area contributed by atoms with Gasteiger partial charge in [-0.25, -0.2) is 17.2 Å². The molecule has 2 aromatic rings. The van der Waals surface area contributed by atoms with Gasteiger partial charge in [-0.05, 0) is 62.2 Å². The summed E-state index contributed by atoms with van der Waals surface area (Å²) in [6.45, 7) is 3.06. The first-order valence-electron chi connectivity index (χ1n) is 10.4. The Labute approximate surface area is 186 Å². The van der Waals surface area contributed by atoms with Crippen LogP contribution in [0.1, 0.15) is 30.1 Å². The number of sulfonamides is 1. The zero-order valence-corrected chi connectivity index (χ0v) is 18.6. The van der Waals surface area contributed by atoms with E-state index in [1.165, 1.54) is 18.2 Å². The number of rotatable bonds is 9. The predicted molar refractivity (Wildman–Crippen MR) is 118 cm³/mol. The van der Waals surface area contributed by atoms with Gasteiger partial charge >= 0.3 is 0 Å². The highest BCUT2D eigenvalue weighted by Gasteiger charge is 2.23. The fraction of sp³-hybridized carbons (Fsp3) is 0.409. The zero-order chi connectivity index (χ0) is 23.1. The maximum atomic E-state index is 12.7. The SMILES string of the molecule is CCOc1ccc(S(=O)(=O)Nc2cccc(C(=O)NC3CCN(CC(F)F)CC3)c2)cc1. The molecule has 0 saturated carbocycles. The van der Waals surface area contributed by atoms with Crippen molar-refractivity contribution in [3.63, 3.8) is 0 Å². The molecule has 1 fully saturated rings. The van der Waals surface area contributed by atoms with Gasteiger partial charge in [0.25, 0.3) is 22.4 Å². The lowest BCUT2D eigenvalue weighted by Crippen LogP contribution is -2.45. The fourth-order valence-electron chi connectivity index (χ4n) is 3.54. The Balaban J connectivity index is 1.60. The molecule has 32 heavy (non-hydrogen) atoms. The van der Waals surface area contributed by atoms with E-state index in [4.69, 9.17) is 4.74 Å². The maximum absolute atomic E-state index is 12.7. The molecule has 174 valence electrons. The second kappa shape index (κ2) is 10.7. The number of carbonyl (C=O) groups is 1. The Hall–Kier alpha value is -2.72. The third-order valence-corrected chi connectivity index (χ3v) is 6.54. The molecule has 3 rings (SSSR count). The van der Waals surface area contributed by atoms with Crippen LogP contribution >= 0.6 is 0 Å². The number of alkyl halides is 2. The van der Waals surface area contributed by atoms with Crippen LogP contribution in [0.4, 0.5) is 14.5 Å². The van der Waals surface area contributed by atoms with E-state index in [0.717, 1.165) is 0 Å². The first-order valence-corrected chi connectivity index (χ1v) is 11.9. The van der Waals surface area contributed by atoms with Gasteiger partial charge in [-0.3, -0.25) is 14.4 Å². The highest BCUT2D eigenvalue weighted by Crippen LogP contribution is 2.20. The molecule has 2 N–H and O–H groups in total. The smallest absolute Gasteiger partial charge is 0.261 e. The minimum atomic E-state index is -3.83. The second-order valence-corrected chi connectivity index (χ2v) is 9.21. The molecule has 0 bridgehead atoms. The molecule has 7 nitrogen and oxygen atoms in total. The molecule has 1 heterocycles. The normalized spacial score (nSPS) is 15.5. The Bertz CT molecular complexity index is 1010. The van der Waals surface area contributed by atoms with Gasteiger partial charge in [-0.2, -0.15) is 0 Å².